The molecular formula is C29H36N4O3S. The highest BCUT2D eigenvalue weighted by molar-refractivity contribution is 7.14. The average molecular weight is 521 g/mol. The molecule has 1 aliphatic heterocycles. The molecule has 1 unspecified atom stereocenters. The van der Waals surface area contributed by atoms with E-state index >= 15 is 0 Å². The van der Waals surface area contributed by atoms with E-state index in [9.17, 15) is 9.59 Å². The predicted octanol–water partition coefficient (Wildman–Crippen LogP) is 5.63. The smallest absolute Gasteiger partial charge is 0.257 e. The zero-order chi connectivity index (χ0) is 26.2. The Morgan fingerprint density at radius 1 is 1.11 bits per heavy atom. The molecule has 1 atom stereocenters. The molecular weight excluding hydrogens is 484 g/mol. The summed E-state index contributed by atoms with van der Waals surface area (Å²) in [6, 6.07) is 13.3. The third-order valence-corrected chi connectivity index (χ3v) is 7.65. The zero-order valence-corrected chi connectivity index (χ0v) is 22.7. The van der Waals surface area contributed by atoms with Gasteiger partial charge in [-0.2, -0.15) is 0 Å². The van der Waals surface area contributed by atoms with Crippen molar-refractivity contribution < 1.29 is 14.3 Å². The van der Waals surface area contributed by atoms with Crippen molar-refractivity contribution in [2.24, 2.45) is 0 Å². The molecule has 1 aliphatic rings. The number of hydrogen-bond acceptors (Lipinski definition) is 6. The van der Waals surface area contributed by atoms with Gasteiger partial charge in [0, 0.05) is 34.7 Å². The van der Waals surface area contributed by atoms with Crippen LogP contribution in [0.5, 0.6) is 5.75 Å². The number of carbonyl (C=O) groups is 2. The van der Waals surface area contributed by atoms with E-state index < -0.39 is 0 Å². The second-order valence-corrected chi connectivity index (χ2v) is 10.2. The second-order valence-electron chi connectivity index (χ2n) is 9.34. The van der Waals surface area contributed by atoms with E-state index in [1.807, 2.05) is 11.4 Å². The molecule has 4 rings (SSSR count). The fourth-order valence-corrected chi connectivity index (χ4v) is 5.45. The minimum atomic E-state index is -0.263. The molecule has 8 heteroatoms. The summed E-state index contributed by atoms with van der Waals surface area (Å²) in [5.74, 6) is 0.378. The van der Waals surface area contributed by atoms with Gasteiger partial charge in [-0.15, -0.1) is 11.3 Å². The Bertz CT molecular complexity index is 1210. The van der Waals surface area contributed by atoms with Gasteiger partial charge in [-0.25, -0.2) is 4.98 Å². The van der Waals surface area contributed by atoms with Gasteiger partial charge < -0.3 is 10.1 Å². The first kappa shape index (κ1) is 26.8. The molecule has 7 nitrogen and oxygen atoms in total. The third kappa shape index (κ3) is 6.76. The van der Waals surface area contributed by atoms with Gasteiger partial charge in [-0.3, -0.25) is 19.8 Å². The number of likely N-dealkylation sites (tertiary alicyclic amines) is 1. The molecule has 0 bridgehead atoms. The lowest BCUT2D eigenvalue weighted by Gasteiger charge is -2.22. The topological polar surface area (TPSA) is 83.6 Å². The molecule has 2 heterocycles. The molecule has 2 amide bonds. The fraction of sp³-hybridized carbons (Fsp3) is 0.414. The van der Waals surface area contributed by atoms with E-state index in [4.69, 9.17) is 4.74 Å². The first-order valence-corrected chi connectivity index (χ1v) is 14.0. The lowest BCUT2D eigenvalue weighted by molar-refractivity contribution is 0.0939. The first-order valence-electron chi connectivity index (χ1n) is 13.1. The molecule has 0 radical (unpaired) electrons. The number of aryl methyl sites for hydroxylation is 1. The molecule has 2 N–H and O–H groups in total. The summed E-state index contributed by atoms with van der Waals surface area (Å²) in [6.07, 6.45) is 5.56. The summed E-state index contributed by atoms with van der Waals surface area (Å²) < 4.78 is 5.55. The van der Waals surface area contributed by atoms with Crippen LogP contribution in [0.4, 0.5) is 5.13 Å². The van der Waals surface area contributed by atoms with E-state index in [2.05, 4.69) is 46.5 Å². The van der Waals surface area contributed by atoms with Crippen LogP contribution in [0.3, 0.4) is 0 Å². The van der Waals surface area contributed by atoms with Crippen molar-refractivity contribution in [3.63, 3.8) is 0 Å². The number of benzene rings is 2. The molecule has 1 fully saturated rings. The summed E-state index contributed by atoms with van der Waals surface area (Å²) in [4.78, 5) is 32.5. The first-order chi connectivity index (χ1) is 18.0. The molecule has 3 aromatic rings. The monoisotopic (exact) mass is 520 g/mol. The highest BCUT2D eigenvalue weighted by atomic mass is 32.1. The van der Waals surface area contributed by atoms with Crippen LogP contribution in [0.15, 0.2) is 47.8 Å². The van der Waals surface area contributed by atoms with Gasteiger partial charge in [0.2, 0.25) is 0 Å². The van der Waals surface area contributed by atoms with Crippen molar-refractivity contribution in [3.05, 3.63) is 64.5 Å². The Kier molecular flexibility index (Phi) is 9.30. The van der Waals surface area contributed by atoms with Gasteiger partial charge in [0.25, 0.3) is 11.8 Å². The maximum absolute atomic E-state index is 12.8. The summed E-state index contributed by atoms with van der Waals surface area (Å²) in [5.41, 5.74) is 3.95. The Morgan fingerprint density at radius 3 is 2.57 bits per heavy atom. The van der Waals surface area contributed by atoms with Gasteiger partial charge in [-0.1, -0.05) is 26.3 Å². The highest BCUT2D eigenvalue weighted by Crippen LogP contribution is 2.33. The number of likely N-dealkylation sites (N-methyl/N-ethyl adjacent to an activating group) is 1. The number of rotatable bonds is 11. The van der Waals surface area contributed by atoms with E-state index in [0.29, 0.717) is 28.8 Å². The average Bonchev–Trinajstić information content (AvgIpc) is 3.59. The molecule has 2 aromatic carbocycles. The number of carbonyl (C=O) groups excluding carboxylic acids is 2. The molecule has 1 aromatic heterocycles. The Labute approximate surface area is 223 Å². The number of thiazole rings is 1. The van der Waals surface area contributed by atoms with Gasteiger partial charge in [0.1, 0.15) is 5.75 Å². The molecule has 37 heavy (non-hydrogen) atoms. The van der Waals surface area contributed by atoms with Crippen LogP contribution in [0, 0.1) is 0 Å². The largest absolute Gasteiger partial charge is 0.496 e. The zero-order valence-electron chi connectivity index (χ0n) is 21.9. The van der Waals surface area contributed by atoms with Crippen molar-refractivity contribution >= 4 is 28.3 Å². The van der Waals surface area contributed by atoms with Crippen LogP contribution >= 0.6 is 11.3 Å². The number of methoxy groups -OCH3 is 1. The van der Waals surface area contributed by atoms with Crippen LogP contribution < -0.4 is 15.4 Å². The van der Waals surface area contributed by atoms with E-state index in [1.54, 1.807) is 31.4 Å². The quantitative estimate of drug-likeness (QED) is 0.342. The standard InChI is InChI=1S/C29H36N4O3S/c1-4-6-8-20-10-15-26(36-3)24(17-20)25-19-37-29(31-25)32-28(35)22-13-11-21(12-14-22)27(34)30-18-23-9-7-16-33(23)5-2/h10-15,17,19,23H,4-9,16,18H2,1-3H3,(H,30,34)(H,31,32,35). The molecule has 0 aliphatic carbocycles. The summed E-state index contributed by atoms with van der Waals surface area (Å²) >= 11 is 1.37. The Hall–Kier alpha value is -3.23. The van der Waals surface area contributed by atoms with Crippen LogP contribution in [0.25, 0.3) is 11.3 Å². The van der Waals surface area contributed by atoms with Crippen LogP contribution in [-0.4, -0.2) is 54.5 Å². The Balaban J connectivity index is 1.37. The number of hydrogen-bond donors (Lipinski definition) is 2. The maximum atomic E-state index is 12.8. The molecule has 0 saturated carbocycles. The molecule has 0 spiro atoms. The predicted molar refractivity (Wildman–Crippen MR) is 150 cm³/mol. The number of ether oxygens (including phenoxy) is 1. The van der Waals surface area contributed by atoms with Gasteiger partial charge >= 0.3 is 0 Å². The summed E-state index contributed by atoms with van der Waals surface area (Å²) in [5, 5.41) is 8.35. The molecule has 1 saturated heterocycles. The van der Waals surface area contributed by atoms with E-state index in [0.717, 1.165) is 55.8 Å². The van der Waals surface area contributed by atoms with Gasteiger partial charge in [0.05, 0.1) is 12.8 Å². The number of aromatic nitrogens is 1. The van der Waals surface area contributed by atoms with E-state index in [-0.39, 0.29) is 11.8 Å². The summed E-state index contributed by atoms with van der Waals surface area (Å²) in [7, 11) is 1.65. The van der Waals surface area contributed by atoms with E-state index in [1.165, 1.54) is 23.3 Å². The van der Waals surface area contributed by atoms with Crippen LogP contribution in [-0.2, 0) is 6.42 Å². The lowest BCUT2D eigenvalue weighted by Crippen LogP contribution is -2.40. The van der Waals surface area contributed by atoms with Crippen molar-refractivity contribution in [1.29, 1.82) is 0 Å². The van der Waals surface area contributed by atoms with Crippen molar-refractivity contribution in [2.45, 2.75) is 52.0 Å². The van der Waals surface area contributed by atoms with Crippen LogP contribution in [0.2, 0.25) is 0 Å². The van der Waals surface area contributed by atoms with Crippen LogP contribution in [0.1, 0.15) is 65.8 Å². The van der Waals surface area contributed by atoms with Crippen molar-refractivity contribution in [3.8, 4) is 17.0 Å². The minimum absolute atomic E-state index is 0.116. The number of nitrogens with one attached hydrogen (secondary N) is 2. The normalized spacial score (nSPS) is 15.5. The van der Waals surface area contributed by atoms with Gasteiger partial charge in [-0.05, 0) is 80.7 Å². The fourth-order valence-electron chi connectivity index (χ4n) is 4.74. The van der Waals surface area contributed by atoms with Gasteiger partial charge in [0.15, 0.2) is 5.13 Å². The van der Waals surface area contributed by atoms with Crippen molar-refractivity contribution in [1.82, 2.24) is 15.2 Å². The minimum Gasteiger partial charge on any atom is -0.496 e. The number of anilines is 1. The Morgan fingerprint density at radius 2 is 1.86 bits per heavy atom. The lowest BCUT2D eigenvalue weighted by atomic mass is 10.0. The highest BCUT2D eigenvalue weighted by Gasteiger charge is 2.23. The maximum Gasteiger partial charge on any atom is 0.257 e. The number of amides is 2. The SMILES string of the molecule is CCCCc1ccc(OC)c(-c2csc(NC(=O)c3ccc(C(=O)NCC4CCCN4CC)cc3)n2)c1. The summed E-state index contributed by atoms with van der Waals surface area (Å²) in [6.45, 7) is 7.08. The molecule has 196 valence electrons. The third-order valence-electron chi connectivity index (χ3n) is 6.90. The number of nitrogens with zero attached hydrogens (tertiary/aromatic N) is 2. The number of unbranched alkanes of at least 4 members (excludes halogenated alkanes) is 1. The second kappa shape index (κ2) is 12.8. The van der Waals surface area contributed by atoms with Crippen molar-refractivity contribution in [2.75, 3.05) is 32.1 Å².